The first-order chi connectivity index (χ1) is 15.1. The zero-order valence-electron chi connectivity index (χ0n) is 18.3. The van der Waals surface area contributed by atoms with E-state index in [1.165, 1.54) is 17.4 Å². The van der Waals surface area contributed by atoms with Crippen LogP contribution in [0.5, 0.6) is 0 Å². The summed E-state index contributed by atoms with van der Waals surface area (Å²) >= 11 is 1.42. The minimum absolute atomic E-state index is 0.0279. The summed E-state index contributed by atoms with van der Waals surface area (Å²) in [4.78, 5) is 6.99. The van der Waals surface area contributed by atoms with Gasteiger partial charge in [-0.05, 0) is 54.2 Å². The number of piperidine rings is 1. The lowest BCUT2D eigenvalue weighted by atomic mass is 9.87. The van der Waals surface area contributed by atoms with Gasteiger partial charge in [0.1, 0.15) is 0 Å². The van der Waals surface area contributed by atoms with Gasteiger partial charge in [0.15, 0.2) is 26.6 Å². The monoisotopic (exact) mass is 476 g/mol. The first-order valence-electron chi connectivity index (χ1n) is 10.6. The van der Waals surface area contributed by atoms with Gasteiger partial charge in [0.2, 0.25) is 0 Å². The Balaban J connectivity index is 1.44. The molecule has 0 spiro atoms. The van der Waals surface area contributed by atoms with Crippen LogP contribution in [0.4, 0.5) is 13.9 Å². The molecule has 0 unspecified atom stereocenters. The third kappa shape index (κ3) is 4.57. The van der Waals surface area contributed by atoms with E-state index in [1.807, 2.05) is 17.5 Å². The van der Waals surface area contributed by atoms with E-state index >= 15 is 0 Å². The van der Waals surface area contributed by atoms with Gasteiger partial charge in [-0.15, -0.1) is 11.3 Å². The van der Waals surface area contributed by atoms with Gasteiger partial charge in [-0.2, -0.15) is 0 Å². The van der Waals surface area contributed by atoms with Gasteiger partial charge in [0, 0.05) is 24.0 Å². The predicted octanol–water partition coefficient (Wildman–Crippen LogP) is 5.83. The van der Waals surface area contributed by atoms with E-state index in [0.717, 1.165) is 22.8 Å². The molecular formula is C24H26F2N2O2S2. The molecule has 0 atom stereocenters. The van der Waals surface area contributed by atoms with Crippen LogP contribution in [-0.4, -0.2) is 31.7 Å². The summed E-state index contributed by atoms with van der Waals surface area (Å²) in [5, 5.41) is 2.14. The van der Waals surface area contributed by atoms with Crippen molar-refractivity contribution in [1.82, 2.24) is 4.98 Å². The Morgan fingerprint density at radius 1 is 1.00 bits per heavy atom. The van der Waals surface area contributed by atoms with E-state index in [2.05, 4.69) is 30.7 Å². The molecule has 1 fully saturated rings. The molecule has 2 heterocycles. The molecule has 1 aliphatic heterocycles. The summed E-state index contributed by atoms with van der Waals surface area (Å²) in [5.74, 6) is -1.79. The number of hydrogen-bond acceptors (Lipinski definition) is 5. The van der Waals surface area contributed by atoms with Gasteiger partial charge in [-0.25, -0.2) is 22.2 Å². The van der Waals surface area contributed by atoms with E-state index in [1.54, 1.807) is 12.1 Å². The van der Waals surface area contributed by atoms with Crippen molar-refractivity contribution < 1.29 is 17.2 Å². The first kappa shape index (κ1) is 22.9. The quantitative estimate of drug-likeness (QED) is 0.476. The zero-order chi connectivity index (χ0) is 23.1. The highest BCUT2D eigenvalue weighted by atomic mass is 32.2. The fourth-order valence-electron chi connectivity index (χ4n) is 3.89. The number of aromatic nitrogens is 1. The van der Waals surface area contributed by atoms with E-state index in [4.69, 9.17) is 0 Å². The van der Waals surface area contributed by atoms with Crippen LogP contribution in [0.3, 0.4) is 0 Å². The minimum Gasteiger partial charge on any atom is -0.348 e. The number of nitrogens with zero attached hydrogens (tertiary/aromatic N) is 2. The van der Waals surface area contributed by atoms with Crippen molar-refractivity contribution in [3.05, 3.63) is 65.0 Å². The van der Waals surface area contributed by atoms with E-state index in [0.29, 0.717) is 42.1 Å². The Bertz CT molecular complexity index is 1210. The SMILES string of the molecule is CC(C)(C)c1ccc(S(=O)(=O)C2CCN(c3nc(-c4ccc(F)c(F)c4)cs3)CC2)cc1. The Morgan fingerprint density at radius 2 is 1.66 bits per heavy atom. The molecule has 0 saturated carbocycles. The largest absolute Gasteiger partial charge is 0.348 e. The Labute approximate surface area is 191 Å². The number of anilines is 1. The topological polar surface area (TPSA) is 50.3 Å². The molecule has 0 bridgehead atoms. The lowest BCUT2D eigenvalue weighted by Crippen LogP contribution is -2.39. The highest BCUT2D eigenvalue weighted by Gasteiger charge is 2.32. The second-order valence-corrected chi connectivity index (χ2v) is 12.2. The first-order valence-corrected chi connectivity index (χ1v) is 13.0. The average Bonchev–Trinajstić information content (AvgIpc) is 3.25. The summed E-state index contributed by atoms with van der Waals surface area (Å²) in [6.07, 6.45) is 1.03. The van der Waals surface area contributed by atoms with Crippen molar-refractivity contribution in [1.29, 1.82) is 0 Å². The fraction of sp³-hybridized carbons (Fsp3) is 0.375. The molecule has 0 amide bonds. The van der Waals surface area contributed by atoms with Crippen LogP contribution in [-0.2, 0) is 15.3 Å². The molecule has 170 valence electrons. The second-order valence-electron chi connectivity index (χ2n) is 9.15. The maximum atomic E-state index is 13.5. The summed E-state index contributed by atoms with van der Waals surface area (Å²) in [6, 6.07) is 11.0. The summed E-state index contributed by atoms with van der Waals surface area (Å²) in [7, 11) is -3.40. The van der Waals surface area contributed by atoms with Gasteiger partial charge in [0.25, 0.3) is 0 Å². The van der Waals surface area contributed by atoms with Crippen LogP contribution >= 0.6 is 11.3 Å². The number of sulfone groups is 1. The molecule has 1 aromatic heterocycles. The van der Waals surface area contributed by atoms with Gasteiger partial charge in [0.05, 0.1) is 15.8 Å². The third-order valence-electron chi connectivity index (χ3n) is 5.91. The Hall–Kier alpha value is -2.32. The van der Waals surface area contributed by atoms with Crippen molar-refractivity contribution in [3.63, 3.8) is 0 Å². The normalized spacial score (nSPS) is 15.8. The van der Waals surface area contributed by atoms with E-state index in [9.17, 15) is 17.2 Å². The van der Waals surface area contributed by atoms with Crippen molar-refractivity contribution in [2.45, 2.75) is 49.2 Å². The third-order valence-corrected chi connectivity index (χ3v) is 9.09. The lowest BCUT2D eigenvalue weighted by molar-refractivity contribution is 0.509. The van der Waals surface area contributed by atoms with Gasteiger partial charge < -0.3 is 4.90 Å². The minimum atomic E-state index is -3.40. The molecule has 4 rings (SSSR count). The number of thiazole rings is 1. The smallest absolute Gasteiger partial charge is 0.185 e. The van der Waals surface area contributed by atoms with Crippen LogP contribution in [0, 0.1) is 11.6 Å². The zero-order valence-corrected chi connectivity index (χ0v) is 19.9. The highest BCUT2D eigenvalue weighted by molar-refractivity contribution is 7.92. The van der Waals surface area contributed by atoms with Crippen molar-refractivity contribution >= 4 is 26.3 Å². The molecule has 1 aliphatic rings. The van der Waals surface area contributed by atoms with Crippen LogP contribution in [0.15, 0.2) is 52.7 Å². The lowest BCUT2D eigenvalue weighted by Gasteiger charge is -2.31. The van der Waals surface area contributed by atoms with E-state index in [-0.39, 0.29) is 5.41 Å². The molecule has 0 radical (unpaired) electrons. The van der Waals surface area contributed by atoms with Gasteiger partial charge in [-0.3, -0.25) is 0 Å². The van der Waals surface area contributed by atoms with Crippen molar-refractivity contribution in [2.24, 2.45) is 0 Å². The Kier molecular flexibility index (Phi) is 6.11. The standard InChI is InChI=1S/C24H26F2N2O2S2/c1-24(2,3)17-5-7-18(8-6-17)32(29,30)19-10-12-28(13-11-19)23-27-22(15-31-23)16-4-9-20(25)21(26)14-16/h4-9,14-15,19H,10-13H2,1-3H3. The predicted molar refractivity (Wildman–Crippen MR) is 125 cm³/mol. The van der Waals surface area contributed by atoms with Crippen LogP contribution in [0.25, 0.3) is 11.3 Å². The summed E-state index contributed by atoms with van der Waals surface area (Å²) < 4.78 is 53.0. The van der Waals surface area contributed by atoms with Crippen LogP contribution < -0.4 is 4.90 Å². The van der Waals surface area contributed by atoms with Gasteiger partial charge >= 0.3 is 0 Å². The maximum absolute atomic E-state index is 13.5. The second kappa shape index (κ2) is 8.56. The molecule has 0 aliphatic carbocycles. The highest BCUT2D eigenvalue weighted by Crippen LogP contribution is 2.32. The summed E-state index contributed by atoms with van der Waals surface area (Å²) in [5.41, 5.74) is 2.17. The molecular weight excluding hydrogens is 450 g/mol. The average molecular weight is 477 g/mol. The van der Waals surface area contributed by atoms with Crippen molar-refractivity contribution in [3.8, 4) is 11.3 Å². The van der Waals surface area contributed by atoms with E-state index < -0.39 is 26.7 Å². The Morgan fingerprint density at radius 3 is 2.25 bits per heavy atom. The maximum Gasteiger partial charge on any atom is 0.185 e. The van der Waals surface area contributed by atoms with Crippen LogP contribution in [0.1, 0.15) is 39.2 Å². The summed E-state index contributed by atoms with van der Waals surface area (Å²) in [6.45, 7) is 7.46. The molecule has 32 heavy (non-hydrogen) atoms. The van der Waals surface area contributed by atoms with Gasteiger partial charge in [-0.1, -0.05) is 32.9 Å². The number of benzene rings is 2. The molecule has 8 heteroatoms. The fourth-order valence-corrected chi connectivity index (χ4v) is 6.51. The van der Waals surface area contributed by atoms with Crippen molar-refractivity contribution in [2.75, 3.05) is 18.0 Å². The number of halogens is 2. The van der Waals surface area contributed by atoms with Crippen LogP contribution in [0.2, 0.25) is 0 Å². The number of hydrogen-bond donors (Lipinski definition) is 0. The molecule has 4 nitrogen and oxygen atoms in total. The molecule has 3 aromatic rings. The molecule has 1 saturated heterocycles. The number of rotatable bonds is 4. The molecule has 0 N–H and O–H groups in total. The molecule has 2 aromatic carbocycles.